The lowest BCUT2D eigenvalue weighted by molar-refractivity contribution is 0.0988. The van der Waals surface area contributed by atoms with Crippen LogP contribution < -0.4 is 4.74 Å². The summed E-state index contributed by atoms with van der Waals surface area (Å²) in [5.41, 5.74) is 0.747. The second-order valence-corrected chi connectivity index (χ2v) is 3.64. The summed E-state index contributed by atoms with van der Waals surface area (Å²) in [7, 11) is 1.44. The largest absolute Gasteiger partial charge is 0.496 e. The molecule has 0 spiro atoms. The third-order valence-corrected chi connectivity index (χ3v) is 2.42. The van der Waals surface area contributed by atoms with Gasteiger partial charge in [-0.15, -0.1) is 0 Å². The number of methoxy groups -OCH3 is 1. The summed E-state index contributed by atoms with van der Waals surface area (Å²) in [4.78, 5) is 19.9. The van der Waals surface area contributed by atoms with Crippen molar-refractivity contribution in [3.8, 4) is 5.75 Å². The molecule has 0 saturated carbocycles. The maximum Gasteiger partial charge on any atom is 0.172 e. The highest BCUT2D eigenvalue weighted by atomic mass is 19.1. The van der Waals surface area contributed by atoms with E-state index in [2.05, 4.69) is 9.97 Å². The first kappa shape index (κ1) is 12.2. The number of ketones is 1. The van der Waals surface area contributed by atoms with Gasteiger partial charge in [0.25, 0.3) is 0 Å². The number of carbonyl (C=O) groups is 1. The van der Waals surface area contributed by atoms with E-state index in [0.29, 0.717) is 11.4 Å². The predicted molar refractivity (Wildman–Crippen MR) is 63.0 cm³/mol. The molecule has 1 aromatic heterocycles. The lowest BCUT2D eigenvalue weighted by Crippen LogP contribution is -2.07. The number of carbonyl (C=O) groups excluding carboxylic acids is 1. The average Bonchev–Trinajstić information content (AvgIpc) is 2.40. The van der Waals surface area contributed by atoms with Crippen molar-refractivity contribution in [3.05, 3.63) is 53.9 Å². The number of hydrogen-bond acceptors (Lipinski definition) is 4. The van der Waals surface area contributed by atoms with Gasteiger partial charge in [-0.25, -0.2) is 4.39 Å². The Morgan fingerprint density at radius 1 is 1.39 bits per heavy atom. The topological polar surface area (TPSA) is 52.1 Å². The molecule has 0 fully saturated rings. The van der Waals surface area contributed by atoms with Gasteiger partial charge < -0.3 is 4.74 Å². The van der Waals surface area contributed by atoms with Crippen LogP contribution in [-0.4, -0.2) is 22.9 Å². The van der Waals surface area contributed by atoms with Crippen molar-refractivity contribution in [2.45, 2.75) is 6.42 Å². The van der Waals surface area contributed by atoms with Crippen LogP contribution >= 0.6 is 0 Å². The number of ether oxygens (including phenoxy) is 1. The molecule has 0 aliphatic rings. The zero-order valence-corrected chi connectivity index (χ0v) is 9.76. The first-order chi connectivity index (χ1) is 8.70. The molecule has 0 saturated heterocycles. The quantitative estimate of drug-likeness (QED) is 0.775. The van der Waals surface area contributed by atoms with Gasteiger partial charge in [-0.05, 0) is 18.2 Å². The molecule has 1 heterocycles. The van der Waals surface area contributed by atoms with Gasteiger partial charge in [-0.1, -0.05) is 0 Å². The fraction of sp³-hybridized carbons (Fsp3) is 0.154. The van der Waals surface area contributed by atoms with E-state index in [1.807, 2.05) is 0 Å². The summed E-state index contributed by atoms with van der Waals surface area (Å²) in [5, 5.41) is 0. The van der Waals surface area contributed by atoms with E-state index in [1.165, 1.54) is 37.8 Å². The van der Waals surface area contributed by atoms with Crippen LogP contribution in [0.4, 0.5) is 4.39 Å². The standard InChI is InChI=1S/C13H11FN2O2/c1-18-13-3-2-9(14)6-11(13)12(17)7-10-8-15-4-5-16-10/h2-6,8H,7H2,1H3. The highest BCUT2D eigenvalue weighted by Crippen LogP contribution is 2.20. The molecule has 0 aliphatic carbocycles. The van der Waals surface area contributed by atoms with Crippen LogP contribution in [0.25, 0.3) is 0 Å². The van der Waals surface area contributed by atoms with E-state index >= 15 is 0 Å². The van der Waals surface area contributed by atoms with Gasteiger partial charge in [-0.3, -0.25) is 14.8 Å². The van der Waals surface area contributed by atoms with E-state index in [-0.39, 0.29) is 17.8 Å². The van der Waals surface area contributed by atoms with Crippen LogP contribution in [-0.2, 0) is 6.42 Å². The summed E-state index contributed by atoms with van der Waals surface area (Å²) >= 11 is 0. The third kappa shape index (κ3) is 2.68. The van der Waals surface area contributed by atoms with E-state index < -0.39 is 5.82 Å². The Morgan fingerprint density at radius 3 is 2.89 bits per heavy atom. The molecule has 2 aromatic rings. The Labute approximate surface area is 103 Å². The zero-order chi connectivity index (χ0) is 13.0. The lowest BCUT2D eigenvalue weighted by atomic mass is 10.1. The Balaban J connectivity index is 2.26. The molecule has 0 N–H and O–H groups in total. The Hall–Kier alpha value is -2.30. The molecule has 0 unspecified atom stereocenters. The number of hydrogen-bond donors (Lipinski definition) is 0. The van der Waals surface area contributed by atoms with Crippen molar-refractivity contribution in [2.75, 3.05) is 7.11 Å². The van der Waals surface area contributed by atoms with Crippen LogP contribution in [0.1, 0.15) is 16.1 Å². The predicted octanol–water partition coefficient (Wildman–Crippen LogP) is 2.05. The minimum absolute atomic E-state index is 0.0631. The number of halogens is 1. The first-order valence-corrected chi connectivity index (χ1v) is 5.32. The highest BCUT2D eigenvalue weighted by molar-refractivity contribution is 5.99. The maximum atomic E-state index is 13.1. The number of aromatic nitrogens is 2. The summed E-state index contributed by atoms with van der Waals surface area (Å²) in [6, 6.07) is 3.84. The number of Topliss-reactive ketones (excluding diaryl/α,β-unsaturated/α-hetero) is 1. The molecule has 92 valence electrons. The van der Waals surface area contributed by atoms with Gasteiger partial charge in [0.15, 0.2) is 5.78 Å². The Bertz CT molecular complexity index is 558. The molecule has 5 heteroatoms. The summed E-state index contributed by atoms with van der Waals surface area (Å²) in [5.74, 6) is -0.379. The van der Waals surface area contributed by atoms with Crippen LogP contribution in [0, 0.1) is 5.82 Å². The summed E-state index contributed by atoms with van der Waals surface area (Å²) in [6.45, 7) is 0. The smallest absolute Gasteiger partial charge is 0.172 e. The third-order valence-electron chi connectivity index (χ3n) is 2.42. The number of benzene rings is 1. The van der Waals surface area contributed by atoms with Crippen molar-refractivity contribution < 1.29 is 13.9 Å². The fourth-order valence-corrected chi connectivity index (χ4v) is 1.58. The summed E-state index contributed by atoms with van der Waals surface area (Å²) < 4.78 is 18.2. The second kappa shape index (κ2) is 5.35. The summed E-state index contributed by atoms with van der Waals surface area (Å²) in [6.07, 6.45) is 4.60. The fourth-order valence-electron chi connectivity index (χ4n) is 1.58. The second-order valence-electron chi connectivity index (χ2n) is 3.64. The van der Waals surface area contributed by atoms with E-state index in [9.17, 15) is 9.18 Å². The van der Waals surface area contributed by atoms with Crippen LogP contribution in [0.2, 0.25) is 0 Å². The normalized spacial score (nSPS) is 10.1. The molecule has 0 bridgehead atoms. The molecule has 2 rings (SSSR count). The molecule has 4 nitrogen and oxygen atoms in total. The van der Waals surface area contributed by atoms with Gasteiger partial charge in [0.05, 0.1) is 24.8 Å². The van der Waals surface area contributed by atoms with Crippen molar-refractivity contribution >= 4 is 5.78 Å². The minimum atomic E-state index is -0.474. The monoisotopic (exact) mass is 246 g/mol. The van der Waals surface area contributed by atoms with Gasteiger partial charge >= 0.3 is 0 Å². The van der Waals surface area contributed by atoms with Gasteiger partial charge in [0.1, 0.15) is 11.6 Å². The van der Waals surface area contributed by atoms with E-state index in [4.69, 9.17) is 4.74 Å². The van der Waals surface area contributed by atoms with Crippen molar-refractivity contribution in [3.63, 3.8) is 0 Å². The van der Waals surface area contributed by atoms with Gasteiger partial charge in [0, 0.05) is 18.6 Å². The van der Waals surface area contributed by atoms with E-state index in [1.54, 1.807) is 0 Å². The SMILES string of the molecule is COc1ccc(F)cc1C(=O)Cc1cnccn1. The molecule has 0 amide bonds. The van der Waals surface area contributed by atoms with Crippen LogP contribution in [0.5, 0.6) is 5.75 Å². The van der Waals surface area contributed by atoms with Crippen LogP contribution in [0.3, 0.4) is 0 Å². The number of rotatable bonds is 4. The Morgan fingerprint density at radius 2 is 2.22 bits per heavy atom. The van der Waals surface area contributed by atoms with Crippen molar-refractivity contribution in [2.24, 2.45) is 0 Å². The molecule has 0 radical (unpaired) electrons. The number of nitrogens with zero attached hydrogens (tertiary/aromatic N) is 2. The molecular weight excluding hydrogens is 235 g/mol. The average molecular weight is 246 g/mol. The van der Waals surface area contributed by atoms with Crippen LogP contribution in [0.15, 0.2) is 36.8 Å². The Kier molecular flexibility index (Phi) is 3.62. The molecule has 18 heavy (non-hydrogen) atoms. The molecule has 0 atom stereocenters. The van der Waals surface area contributed by atoms with Gasteiger partial charge in [0.2, 0.25) is 0 Å². The minimum Gasteiger partial charge on any atom is -0.496 e. The molecule has 0 aliphatic heterocycles. The molecule has 1 aromatic carbocycles. The zero-order valence-electron chi connectivity index (χ0n) is 9.76. The van der Waals surface area contributed by atoms with E-state index in [0.717, 1.165) is 6.07 Å². The van der Waals surface area contributed by atoms with Crippen molar-refractivity contribution in [1.29, 1.82) is 0 Å². The highest BCUT2D eigenvalue weighted by Gasteiger charge is 2.14. The molecular formula is C13H11FN2O2. The van der Waals surface area contributed by atoms with Crippen molar-refractivity contribution in [1.82, 2.24) is 9.97 Å². The van der Waals surface area contributed by atoms with Gasteiger partial charge in [-0.2, -0.15) is 0 Å². The maximum absolute atomic E-state index is 13.1. The first-order valence-electron chi connectivity index (χ1n) is 5.32. The lowest BCUT2D eigenvalue weighted by Gasteiger charge is -2.07.